The number of sulfonamides is 1. The fourth-order valence-corrected chi connectivity index (χ4v) is 4.41. The summed E-state index contributed by atoms with van der Waals surface area (Å²) in [5.74, 6) is -3.87. The van der Waals surface area contributed by atoms with Crippen LogP contribution in [-0.2, 0) is 10.0 Å². The van der Waals surface area contributed by atoms with Crippen molar-refractivity contribution in [2.45, 2.75) is 18.8 Å². The average Bonchev–Trinajstić information content (AvgIpc) is 3.24. The number of nitrogens with zero attached hydrogens (tertiary/aromatic N) is 1. The third kappa shape index (κ3) is 4.78. The lowest BCUT2D eigenvalue weighted by atomic mass is 10.0. The van der Waals surface area contributed by atoms with Crippen molar-refractivity contribution in [1.82, 2.24) is 4.98 Å². The molecule has 7 nitrogen and oxygen atoms in total. The number of rotatable bonds is 7. The molecule has 0 fully saturated rings. The summed E-state index contributed by atoms with van der Waals surface area (Å²) in [6.45, 7) is 1.66. The van der Waals surface area contributed by atoms with Gasteiger partial charge in [-0.1, -0.05) is 18.2 Å². The second-order valence-electron chi connectivity index (χ2n) is 7.28. The van der Waals surface area contributed by atoms with Crippen LogP contribution in [-0.4, -0.2) is 19.2 Å². The Labute approximate surface area is 206 Å². The van der Waals surface area contributed by atoms with E-state index in [1.165, 1.54) is 48.7 Å². The minimum atomic E-state index is -4.96. The minimum absolute atomic E-state index is 0.0231. The molecule has 12 heteroatoms. The van der Waals surface area contributed by atoms with Gasteiger partial charge in [-0.15, -0.1) is 0 Å². The number of halogens is 4. The highest BCUT2D eigenvalue weighted by molar-refractivity contribution is 14.1. The molecule has 0 amide bonds. The average molecular weight is 603 g/mol. The highest BCUT2D eigenvalue weighted by Gasteiger charge is 2.26. The Morgan fingerprint density at radius 3 is 2.56 bits per heavy atom. The van der Waals surface area contributed by atoms with E-state index in [-0.39, 0.29) is 17.3 Å². The number of furan rings is 1. The molecule has 0 aliphatic carbocycles. The van der Waals surface area contributed by atoms with Gasteiger partial charge < -0.3 is 14.9 Å². The molecule has 0 spiro atoms. The lowest BCUT2D eigenvalue weighted by molar-refractivity contribution is 0.228. The topological polar surface area (TPSA) is 107 Å². The first kappa shape index (κ1) is 24.1. The Morgan fingerprint density at radius 1 is 1.18 bits per heavy atom. The number of nitrogen functional groups attached to an aromatic ring is 1. The van der Waals surface area contributed by atoms with Crippen LogP contribution in [0, 0.1) is 9.39 Å². The second kappa shape index (κ2) is 9.33. The van der Waals surface area contributed by atoms with E-state index in [4.69, 9.17) is 14.9 Å². The molecule has 3 N–H and O–H groups in total. The van der Waals surface area contributed by atoms with Crippen LogP contribution in [0.5, 0.6) is 5.75 Å². The molecule has 1 unspecified atom stereocenters. The van der Waals surface area contributed by atoms with Gasteiger partial charge in [0, 0.05) is 11.8 Å². The van der Waals surface area contributed by atoms with E-state index in [2.05, 4.69) is 27.6 Å². The Kier molecular flexibility index (Phi) is 6.62. The van der Waals surface area contributed by atoms with Gasteiger partial charge in [-0.25, -0.2) is 17.8 Å². The molecule has 0 bridgehead atoms. The molecule has 0 aliphatic heterocycles. The molecule has 2 heterocycles. The van der Waals surface area contributed by atoms with Gasteiger partial charge in [-0.05, 0) is 64.9 Å². The van der Waals surface area contributed by atoms with Gasteiger partial charge in [0.1, 0.15) is 23.5 Å². The summed E-state index contributed by atoms with van der Waals surface area (Å²) in [7, 11) is -4.96. The third-order valence-electron chi connectivity index (χ3n) is 5.00. The van der Waals surface area contributed by atoms with Crippen molar-refractivity contribution in [1.29, 1.82) is 0 Å². The summed E-state index contributed by atoms with van der Waals surface area (Å²) in [6.07, 6.45) is 2.36. The fraction of sp³-hybridized carbons (Fsp3) is 0.136. The predicted octanol–water partition coefficient (Wildman–Crippen LogP) is 5.93. The van der Waals surface area contributed by atoms with Crippen molar-refractivity contribution in [3.8, 4) is 16.9 Å². The zero-order valence-corrected chi connectivity index (χ0v) is 20.4. The molecule has 4 aromatic rings. The van der Waals surface area contributed by atoms with E-state index in [1.54, 1.807) is 13.1 Å². The van der Waals surface area contributed by atoms with Crippen LogP contribution < -0.4 is 15.2 Å². The molecule has 178 valence electrons. The van der Waals surface area contributed by atoms with Gasteiger partial charge in [-0.3, -0.25) is 4.72 Å². The number of alkyl halides is 2. The number of pyridine rings is 1. The second-order valence-corrected chi connectivity index (χ2v) is 10.1. The third-order valence-corrected chi connectivity index (χ3v) is 6.75. The Bertz CT molecular complexity index is 1460. The number of hydrogen-bond donors (Lipinski definition) is 2. The number of anilines is 2. The minimum Gasteiger partial charge on any atom is -0.484 e. The molecular formula is C22H17F3IN3O4S. The van der Waals surface area contributed by atoms with E-state index in [9.17, 15) is 21.6 Å². The summed E-state index contributed by atoms with van der Waals surface area (Å²) in [5, 5.41) is 0.547. The lowest BCUT2D eigenvalue weighted by Gasteiger charge is -2.19. The zero-order chi connectivity index (χ0) is 24.6. The quantitative estimate of drug-likeness (QED) is 0.254. The molecule has 4 rings (SSSR count). The summed E-state index contributed by atoms with van der Waals surface area (Å²) < 4.78 is 77.1. The van der Waals surface area contributed by atoms with Gasteiger partial charge in [0.25, 0.3) is 10.0 Å². The fourth-order valence-electron chi connectivity index (χ4n) is 3.31. The number of benzene rings is 2. The molecule has 0 saturated heterocycles. The first-order valence-electron chi connectivity index (χ1n) is 9.74. The van der Waals surface area contributed by atoms with Gasteiger partial charge in [-0.2, -0.15) is 8.78 Å². The van der Waals surface area contributed by atoms with E-state index >= 15 is 0 Å². The molecule has 0 radical (unpaired) electrons. The Balaban J connectivity index is 1.80. The highest BCUT2D eigenvalue weighted by atomic mass is 127. The van der Waals surface area contributed by atoms with Crippen molar-refractivity contribution < 1.29 is 30.7 Å². The van der Waals surface area contributed by atoms with Crippen LogP contribution in [0.25, 0.3) is 22.1 Å². The SMILES string of the molecule is CC(Oc1cc(-c2coc3c(I)cnc(N)c23)ccc1NS(=O)(=O)C(F)F)c1ccc(F)cc1. The number of ether oxygens (including phenoxy) is 1. The van der Waals surface area contributed by atoms with Crippen LogP contribution in [0.4, 0.5) is 24.7 Å². The molecule has 34 heavy (non-hydrogen) atoms. The van der Waals surface area contributed by atoms with E-state index in [1.807, 2.05) is 4.72 Å². The van der Waals surface area contributed by atoms with Crippen LogP contribution in [0.15, 0.2) is 59.3 Å². The first-order chi connectivity index (χ1) is 16.1. The van der Waals surface area contributed by atoms with Crippen molar-refractivity contribution in [2.75, 3.05) is 10.5 Å². The molecular weight excluding hydrogens is 586 g/mol. The Morgan fingerprint density at radius 2 is 1.88 bits per heavy atom. The van der Waals surface area contributed by atoms with Gasteiger partial charge in [0.05, 0.1) is 20.9 Å². The van der Waals surface area contributed by atoms with Crippen molar-refractivity contribution in [3.63, 3.8) is 0 Å². The van der Waals surface area contributed by atoms with E-state index < -0.39 is 27.7 Å². The zero-order valence-electron chi connectivity index (χ0n) is 17.4. The Hall–Kier alpha value is -3.00. The maximum Gasteiger partial charge on any atom is 0.355 e. The standard InChI is InChI=1S/C22H17F3IN3O4S/c1-11(12-2-5-14(23)6-3-12)33-18-8-13(4-7-17(18)29-34(30,31)22(24)25)15-10-32-20-16(26)9-28-21(27)19(15)20/h2-11,22,29H,1H3,(H2,27,28). The first-order valence-corrected chi connectivity index (χ1v) is 12.4. The summed E-state index contributed by atoms with van der Waals surface area (Å²) in [4.78, 5) is 4.14. The number of fused-ring (bicyclic) bond motifs is 1. The summed E-state index contributed by atoms with van der Waals surface area (Å²) in [5.41, 5.74) is 8.05. The van der Waals surface area contributed by atoms with Crippen LogP contribution >= 0.6 is 22.6 Å². The number of hydrogen-bond acceptors (Lipinski definition) is 6. The smallest absolute Gasteiger partial charge is 0.355 e. The van der Waals surface area contributed by atoms with E-state index in [0.717, 1.165) is 3.57 Å². The van der Waals surface area contributed by atoms with Gasteiger partial charge in [0.2, 0.25) is 0 Å². The van der Waals surface area contributed by atoms with E-state index in [0.29, 0.717) is 27.7 Å². The van der Waals surface area contributed by atoms with Gasteiger partial charge in [0.15, 0.2) is 5.58 Å². The molecule has 2 aromatic carbocycles. The predicted molar refractivity (Wildman–Crippen MR) is 131 cm³/mol. The summed E-state index contributed by atoms with van der Waals surface area (Å²) in [6, 6.07) is 9.81. The normalized spacial score (nSPS) is 12.8. The maximum atomic E-state index is 13.3. The molecule has 0 aliphatic rings. The number of nitrogens with two attached hydrogens (primary N) is 1. The largest absolute Gasteiger partial charge is 0.484 e. The maximum absolute atomic E-state index is 13.3. The monoisotopic (exact) mass is 603 g/mol. The van der Waals surface area contributed by atoms with Gasteiger partial charge >= 0.3 is 5.76 Å². The van der Waals surface area contributed by atoms with Crippen LogP contribution in [0.3, 0.4) is 0 Å². The van der Waals surface area contributed by atoms with Crippen LogP contribution in [0.1, 0.15) is 18.6 Å². The number of aromatic nitrogens is 1. The highest BCUT2D eigenvalue weighted by Crippen LogP contribution is 2.40. The summed E-state index contributed by atoms with van der Waals surface area (Å²) >= 11 is 2.05. The van der Waals surface area contributed by atoms with Crippen LogP contribution in [0.2, 0.25) is 0 Å². The number of nitrogens with one attached hydrogen (secondary N) is 1. The molecule has 1 atom stereocenters. The van der Waals surface area contributed by atoms with Crippen molar-refractivity contribution >= 4 is 55.1 Å². The molecule has 0 saturated carbocycles. The van der Waals surface area contributed by atoms with Crippen molar-refractivity contribution in [3.05, 3.63) is 69.9 Å². The molecule has 2 aromatic heterocycles. The van der Waals surface area contributed by atoms with Crippen molar-refractivity contribution in [2.24, 2.45) is 0 Å². The lowest BCUT2D eigenvalue weighted by Crippen LogP contribution is -2.21.